The first-order valence-electron chi connectivity index (χ1n) is 25.9. The quantitative estimate of drug-likeness (QED) is 0.172. The first-order valence-corrected chi connectivity index (χ1v) is 25.9. The Labute approximate surface area is 435 Å². The van der Waals surface area contributed by atoms with E-state index in [-0.39, 0.29) is 0 Å². The molecular formula is C72H45NO2. The van der Waals surface area contributed by atoms with Crippen LogP contribution in [0, 0.1) is 0 Å². The van der Waals surface area contributed by atoms with Gasteiger partial charge in [-0.2, -0.15) is 0 Å². The molecule has 2 aliphatic heterocycles. The molecule has 12 aromatic rings. The van der Waals surface area contributed by atoms with E-state index in [4.69, 9.17) is 9.47 Å². The standard InChI is InChI=1S/C72H45NO2/c1-2-18-46(19-3-1)47-34-36-48(37-35-47)53-22-7-13-29-66(53)73(52-38-40-55-54-23-6-8-24-58(54)71(65(55)45-52)60-25-9-14-30-67(60)74-68-31-15-10-26-61(68)71)51-39-41-59-57(44-51)56-42-49-20-4-5-21-50(49)43-64(56)72(59)62-27-11-16-32-69(62)75-70-33-17-12-28-63(70)72/h1-45H. The predicted molar refractivity (Wildman–Crippen MR) is 304 cm³/mol. The summed E-state index contributed by atoms with van der Waals surface area (Å²) in [6.07, 6.45) is 0. The zero-order chi connectivity index (χ0) is 49.2. The highest BCUT2D eigenvalue weighted by atomic mass is 16.5. The Bertz CT molecular complexity index is 4230. The molecular weight excluding hydrogens is 911 g/mol. The number of fused-ring (bicyclic) bond motifs is 19. The molecule has 0 bridgehead atoms. The third-order valence-electron chi connectivity index (χ3n) is 16.6. The van der Waals surface area contributed by atoms with Gasteiger partial charge in [0.2, 0.25) is 0 Å². The summed E-state index contributed by atoms with van der Waals surface area (Å²) in [7, 11) is 0. The van der Waals surface area contributed by atoms with E-state index in [2.05, 4.69) is 278 Å². The Morgan fingerprint density at radius 1 is 0.240 bits per heavy atom. The topological polar surface area (TPSA) is 21.7 Å². The van der Waals surface area contributed by atoms with Crippen molar-refractivity contribution in [1.82, 2.24) is 0 Å². The van der Waals surface area contributed by atoms with E-state index in [0.29, 0.717) is 0 Å². The van der Waals surface area contributed by atoms with Gasteiger partial charge in [-0.05, 0) is 139 Å². The SMILES string of the molecule is c1ccc(-c2ccc(-c3ccccc3N(c3ccc4c(c3)-c3cc5ccccc5cc3C43c4ccccc4Oc4ccccc43)c3ccc4c(c3)C3(c5ccccc5Oc5ccccc53)c3ccccc3-4)cc2)cc1. The largest absolute Gasteiger partial charge is 0.457 e. The Morgan fingerprint density at radius 2 is 0.653 bits per heavy atom. The normalized spacial score (nSPS) is 14.0. The summed E-state index contributed by atoms with van der Waals surface area (Å²) in [5.74, 6) is 3.51. The van der Waals surface area contributed by atoms with Gasteiger partial charge in [0.25, 0.3) is 0 Å². The van der Waals surface area contributed by atoms with Gasteiger partial charge in [0, 0.05) is 39.2 Å². The van der Waals surface area contributed by atoms with Crippen molar-refractivity contribution in [3.63, 3.8) is 0 Å². The smallest absolute Gasteiger partial charge is 0.132 e. The van der Waals surface area contributed by atoms with Gasteiger partial charge >= 0.3 is 0 Å². The number of hydrogen-bond donors (Lipinski definition) is 0. The highest BCUT2D eigenvalue weighted by molar-refractivity contribution is 6.00. The van der Waals surface area contributed by atoms with E-state index < -0.39 is 10.8 Å². The Kier molecular flexibility index (Phi) is 8.88. The van der Waals surface area contributed by atoms with E-state index in [9.17, 15) is 0 Å². The average Bonchev–Trinajstić information content (AvgIpc) is 3.94. The van der Waals surface area contributed by atoms with Gasteiger partial charge < -0.3 is 14.4 Å². The number of ether oxygens (including phenoxy) is 2. The second kappa shape index (κ2) is 15.9. The van der Waals surface area contributed by atoms with Crippen LogP contribution in [0.25, 0.3) is 55.3 Å². The number of para-hydroxylation sites is 5. The van der Waals surface area contributed by atoms with E-state index in [1.165, 1.54) is 66.4 Å². The third kappa shape index (κ3) is 5.81. The molecule has 350 valence electrons. The summed E-state index contributed by atoms with van der Waals surface area (Å²) >= 11 is 0. The molecule has 0 amide bonds. The van der Waals surface area contributed by atoms with Crippen LogP contribution in [0.4, 0.5) is 17.1 Å². The molecule has 0 atom stereocenters. The molecule has 0 radical (unpaired) electrons. The minimum Gasteiger partial charge on any atom is -0.457 e. The van der Waals surface area contributed by atoms with Gasteiger partial charge in [-0.1, -0.05) is 206 Å². The summed E-state index contributed by atoms with van der Waals surface area (Å²) in [5.41, 5.74) is 21.0. The van der Waals surface area contributed by atoms with Crippen LogP contribution in [0.2, 0.25) is 0 Å². The van der Waals surface area contributed by atoms with Crippen molar-refractivity contribution in [1.29, 1.82) is 0 Å². The zero-order valence-corrected chi connectivity index (χ0v) is 40.7. The van der Waals surface area contributed by atoms with E-state index in [1.54, 1.807) is 0 Å². The maximum Gasteiger partial charge on any atom is 0.132 e. The molecule has 2 heterocycles. The third-order valence-corrected chi connectivity index (χ3v) is 16.6. The van der Waals surface area contributed by atoms with Gasteiger partial charge in [0.15, 0.2) is 0 Å². The van der Waals surface area contributed by atoms with Crippen molar-refractivity contribution < 1.29 is 9.47 Å². The number of nitrogens with zero attached hydrogens (tertiary/aromatic N) is 1. The monoisotopic (exact) mass is 955 g/mol. The Morgan fingerprint density at radius 3 is 1.28 bits per heavy atom. The van der Waals surface area contributed by atoms with Gasteiger partial charge in [-0.3, -0.25) is 0 Å². The molecule has 75 heavy (non-hydrogen) atoms. The molecule has 2 aliphatic carbocycles. The van der Waals surface area contributed by atoms with Crippen molar-refractivity contribution in [2.24, 2.45) is 0 Å². The van der Waals surface area contributed by atoms with Crippen LogP contribution >= 0.6 is 0 Å². The number of hydrogen-bond acceptors (Lipinski definition) is 3. The average molecular weight is 956 g/mol. The molecule has 16 rings (SSSR count). The van der Waals surface area contributed by atoms with Crippen LogP contribution < -0.4 is 14.4 Å². The number of anilines is 3. The fourth-order valence-electron chi connectivity index (χ4n) is 13.5. The highest BCUT2D eigenvalue weighted by Crippen LogP contribution is 2.65. The lowest BCUT2D eigenvalue weighted by Gasteiger charge is -2.40. The van der Waals surface area contributed by atoms with Gasteiger partial charge in [-0.15, -0.1) is 0 Å². The fraction of sp³-hybridized carbons (Fsp3) is 0.0278. The molecule has 12 aromatic carbocycles. The number of rotatable bonds is 5. The molecule has 4 aliphatic rings. The molecule has 0 saturated heterocycles. The van der Waals surface area contributed by atoms with Crippen LogP contribution in [0.1, 0.15) is 44.5 Å². The predicted octanol–water partition coefficient (Wildman–Crippen LogP) is 18.6. The number of benzene rings is 12. The van der Waals surface area contributed by atoms with Crippen LogP contribution in [-0.2, 0) is 10.8 Å². The molecule has 0 fully saturated rings. The van der Waals surface area contributed by atoms with Crippen molar-refractivity contribution in [2.45, 2.75) is 10.8 Å². The van der Waals surface area contributed by atoms with Crippen molar-refractivity contribution >= 4 is 27.8 Å². The van der Waals surface area contributed by atoms with Crippen molar-refractivity contribution in [3.05, 3.63) is 317 Å². The van der Waals surface area contributed by atoms with Gasteiger partial charge in [0.05, 0.1) is 16.5 Å². The first kappa shape index (κ1) is 41.9. The van der Waals surface area contributed by atoms with Gasteiger partial charge in [0.1, 0.15) is 23.0 Å². The molecule has 2 spiro atoms. The second-order valence-corrected chi connectivity index (χ2v) is 20.2. The van der Waals surface area contributed by atoms with E-state index in [1.807, 2.05) is 0 Å². The summed E-state index contributed by atoms with van der Waals surface area (Å²) in [4.78, 5) is 2.51. The lowest BCUT2D eigenvalue weighted by atomic mass is 9.66. The highest BCUT2D eigenvalue weighted by Gasteiger charge is 2.53. The zero-order valence-electron chi connectivity index (χ0n) is 40.7. The summed E-state index contributed by atoms with van der Waals surface area (Å²) in [5, 5.41) is 2.42. The summed E-state index contributed by atoms with van der Waals surface area (Å²) in [6, 6.07) is 100. The van der Waals surface area contributed by atoms with Crippen LogP contribution in [0.15, 0.2) is 273 Å². The van der Waals surface area contributed by atoms with Crippen LogP contribution in [0.5, 0.6) is 23.0 Å². The van der Waals surface area contributed by atoms with E-state index in [0.717, 1.165) is 73.4 Å². The van der Waals surface area contributed by atoms with Crippen molar-refractivity contribution in [3.8, 4) is 67.5 Å². The Hall–Kier alpha value is -9.70. The molecule has 0 aromatic heterocycles. The minimum atomic E-state index is -0.639. The molecule has 0 unspecified atom stereocenters. The first-order chi connectivity index (χ1) is 37.2. The lowest BCUT2D eigenvalue weighted by molar-refractivity contribution is 0.436. The van der Waals surface area contributed by atoms with Crippen LogP contribution in [0.3, 0.4) is 0 Å². The fourth-order valence-corrected chi connectivity index (χ4v) is 13.5. The summed E-state index contributed by atoms with van der Waals surface area (Å²) in [6.45, 7) is 0. The molecule has 3 nitrogen and oxygen atoms in total. The summed E-state index contributed by atoms with van der Waals surface area (Å²) < 4.78 is 13.6. The van der Waals surface area contributed by atoms with E-state index >= 15 is 0 Å². The molecule has 0 N–H and O–H groups in total. The lowest BCUT2D eigenvalue weighted by Crippen LogP contribution is -2.32. The maximum absolute atomic E-state index is 6.78. The van der Waals surface area contributed by atoms with Crippen molar-refractivity contribution in [2.75, 3.05) is 4.90 Å². The molecule has 3 heteroatoms. The minimum absolute atomic E-state index is 0.628. The second-order valence-electron chi connectivity index (χ2n) is 20.2. The van der Waals surface area contributed by atoms with Gasteiger partial charge in [-0.25, -0.2) is 0 Å². The van der Waals surface area contributed by atoms with Crippen LogP contribution in [-0.4, -0.2) is 0 Å². The molecule has 0 saturated carbocycles. The maximum atomic E-state index is 6.78. The Balaban J connectivity index is 0.975.